The van der Waals surface area contributed by atoms with E-state index >= 15 is 0 Å². The van der Waals surface area contributed by atoms with E-state index in [0.717, 1.165) is 55.4 Å². The van der Waals surface area contributed by atoms with Crippen LogP contribution < -0.4 is 10.6 Å². The van der Waals surface area contributed by atoms with Crippen molar-refractivity contribution >= 4 is 58.1 Å². The number of amides is 2. The Bertz CT molecular complexity index is 1160. The maximum absolute atomic E-state index is 12.8. The predicted molar refractivity (Wildman–Crippen MR) is 129 cm³/mol. The first kappa shape index (κ1) is 23.0. The lowest BCUT2D eigenvalue weighted by Crippen LogP contribution is -2.48. The number of fused-ring (bicyclic) bond motifs is 2. The number of nitrogens with zero attached hydrogens (tertiary/aromatic N) is 2. The number of rotatable bonds is 4. The van der Waals surface area contributed by atoms with Crippen LogP contribution in [0.25, 0.3) is 10.9 Å². The fourth-order valence-electron chi connectivity index (χ4n) is 4.43. The molecule has 0 saturated heterocycles. The number of thiazole rings is 1. The molecular weight excluding hydrogens is 469 g/mol. The molecule has 3 N–H and O–H groups in total. The highest BCUT2D eigenvalue weighted by molar-refractivity contribution is 7.13. The molecule has 1 saturated carbocycles. The van der Waals surface area contributed by atoms with Crippen molar-refractivity contribution in [3.63, 3.8) is 0 Å². The minimum absolute atomic E-state index is 0. The first-order chi connectivity index (χ1) is 15.0. The predicted octanol–water partition coefficient (Wildman–Crippen LogP) is 3.77. The Kier molecular flexibility index (Phi) is 6.76. The van der Waals surface area contributed by atoms with Gasteiger partial charge in [-0.3, -0.25) is 9.59 Å². The van der Waals surface area contributed by atoms with Crippen LogP contribution in [0.1, 0.15) is 50.1 Å². The summed E-state index contributed by atoms with van der Waals surface area (Å²) >= 11 is 7.52. The van der Waals surface area contributed by atoms with Gasteiger partial charge in [-0.1, -0.05) is 11.6 Å². The fourth-order valence-corrected chi connectivity index (χ4v) is 5.70. The third-order valence-electron chi connectivity index (χ3n) is 6.09. The van der Waals surface area contributed by atoms with Crippen molar-refractivity contribution in [2.24, 2.45) is 0 Å². The standard InChI is InChI=1S/C22H24ClN5O2S.ClH/c1-28-8-7-17-19(11-28)31-22(27-17)21(30)26-16-4-2-3-15(16)25-20(29)18-10-12-9-13(23)5-6-14(12)24-18;/h5-6,9-10,15-16,24H,2-4,7-8,11H2,1H3,(H,25,29)(H,26,30);1H/t15-,16-;/m1./s1. The lowest BCUT2D eigenvalue weighted by Gasteiger charge is -2.21. The molecule has 7 nitrogen and oxygen atoms in total. The van der Waals surface area contributed by atoms with E-state index in [2.05, 4.69) is 32.5 Å². The zero-order chi connectivity index (χ0) is 21.5. The summed E-state index contributed by atoms with van der Waals surface area (Å²) in [7, 11) is 2.08. The van der Waals surface area contributed by atoms with E-state index in [4.69, 9.17) is 11.6 Å². The Morgan fingerprint density at radius 1 is 1.19 bits per heavy atom. The second-order valence-corrected chi connectivity index (χ2v) is 9.90. The second-order valence-electron chi connectivity index (χ2n) is 8.38. The topological polar surface area (TPSA) is 90.1 Å². The average Bonchev–Trinajstić information content (AvgIpc) is 3.45. The van der Waals surface area contributed by atoms with Gasteiger partial charge >= 0.3 is 0 Å². The molecule has 0 unspecified atom stereocenters. The molecular formula is C22H25Cl2N5O2S. The van der Waals surface area contributed by atoms with E-state index in [0.29, 0.717) is 15.7 Å². The van der Waals surface area contributed by atoms with Crippen molar-refractivity contribution in [2.45, 2.75) is 44.3 Å². The largest absolute Gasteiger partial charge is 0.351 e. The van der Waals surface area contributed by atoms with Crippen LogP contribution in [-0.4, -0.2) is 52.4 Å². The van der Waals surface area contributed by atoms with Gasteiger partial charge in [-0.25, -0.2) is 4.98 Å². The molecule has 3 heterocycles. The summed E-state index contributed by atoms with van der Waals surface area (Å²) in [5, 5.41) is 8.25. The van der Waals surface area contributed by atoms with Gasteiger partial charge < -0.3 is 20.5 Å². The average molecular weight is 494 g/mol. The van der Waals surface area contributed by atoms with E-state index in [-0.39, 0.29) is 36.3 Å². The number of likely N-dealkylation sites (N-methyl/N-ethyl adjacent to an activating group) is 1. The van der Waals surface area contributed by atoms with Crippen molar-refractivity contribution in [2.75, 3.05) is 13.6 Å². The number of halogens is 2. The highest BCUT2D eigenvalue weighted by Crippen LogP contribution is 2.26. The van der Waals surface area contributed by atoms with Gasteiger partial charge in [0.15, 0.2) is 5.01 Å². The molecule has 2 atom stereocenters. The molecule has 5 rings (SSSR count). The highest BCUT2D eigenvalue weighted by Gasteiger charge is 2.32. The van der Waals surface area contributed by atoms with Gasteiger partial charge in [0.05, 0.1) is 5.69 Å². The lowest BCUT2D eigenvalue weighted by atomic mass is 10.1. The van der Waals surface area contributed by atoms with Gasteiger partial charge in [0, 0.05) is 52.4 Å². The van der Waals surface area contributed by atoms with Crippen LogP contribution in [0.3, 0.4) is 0 Å². The zero-order valence-corrected chi connectivity index (χ0v) is 20.0. The van der Waals surface area contributed by atoms with Gasteiger partial charge in [0.2, 0.25) is 0 Å². The quantitative estimate of drug-likeness (QED) is 0.515. The molecule has 0 spiro atoms. The summed E-state index contributed by atoms with van der Waals surface area (Å²) in [6.07, 6.45) is 3.51. The Morgan fingerprint density at radius 2 is 1.94 bits per heavy atom. The molecule has 32 heavy (non-hydrogen) atoms. The van der Waals surface area contributed by atoms with Crippen molar-refractivity contribution in [1.82, 2.24) is 25.5 Å². The molecule has 2 aromatic heterocycles. The summed E-state index contributed by atoms with van der Waals surface area (Å²) in [5.74, 6) is -0.320. The van der Waals surface area contributed by atoms with Crippen LogP contribution in [-0.2, 0) is 13.0 Å². The van der Waals surface area contributed by atoms with Gasteiger partial charge in [0.25, 0.3) is 11.8 Å². The first-order valence-electron chi connectivity index (χ1n) is 10.5. The van der Waals surface area contributed by atoms with Gasteiger partial charge in [-0.2, -0.15) is 0 Å². The fraction of sp³-hybridized carbons (Fsp3) is 0.409. The summed E-state index contributed by atoms with van der Waals surface area (Å²) in [4.78, 5) is 36.8. The van der Waals surface area contributed by atoms with E-state index in [1.807, 2.05) is 12.1 Å². The molecule has 3 aromatic rings. The van der Waals surface area contributed by atoms with Crippen LogP contribution in [0.5, 0.6) is 0 Å². The van der Waals surface area contributed by atoms with Crippen LogP contribution in [0.2, 0.25) is 5.02 Å². The Balaban J connectivity index is 0.00000245. The zero-order valence-electron chi connectivity index (χ0n) is 17.6. The third-order valence-corrected chi connectivity index (χ3v) is 7.41. The molecule has 10 heteroatoms. The summed E-state index contributed by atoms with van der Waals surface area (Å²) in [6.45, 7) is 1.81. The van der Waals surface area contributed by atoms with Gasteiger partial charge in [-0.15, -0.1) is 23.7 Å². The molecule has 0 radical (unpaired) electrons. The number of nitrogens with one attached hydrogen (secondary N) is 3. The maximum Gasteiger partial charge on any atom is 0.280 e. The molecule has 170 valence electrons. The van der Waals surface area contributed by atoms with Crippen molar-refractivity contribution in [3.8, 4) is 0 Å². The molecule has 0 bridgehead atoms. The second kappa shape index (κ2) is 9.39. The van der Waals surface area contributed by atoms with E-state index in [1.54, 1.807) is 12.1 Å². The number of carbonyl (C=O) groups excluding carboxylic acids is 2. The minimum atomic E-state index is -0.175. The van der Waals surface area contributed by atoms with E-state index in [1.165, 1.54) is 16.2 Å². The first-order valence-corrected chi connectivity index (χ1v) is 11.7. The SMILES string of the molecule is CN1CCc2nc(C(=O)N[C@@H]3CCC[C@H]3NC(=O)c3cc4cc(Cl)ccc4[nH]3)sc2C1.Cl. The smallest absolute Gasteiger partial charge is 0.280 e. The summed E-state index contributed by atoms with van der Waals surface area (Å²) in [6, 6.07) is 7.08. The molecule has 2 amide bonds. The number of H-pyrrole nitrogens is 1. The molecule has 1 aromatic carbocycles. The van der Waals surface area contributed by atoms with Crippen LogP contribution >= 0.6 is 35.3 Å². The molecule has 1 fully saturated rings. The third kappa shape index (κ3) is 4.64. The highest BCUT2D eigenvalue weighted by atomic mass is 35.5. The van der Waals surface area contributed by atoms with Crippen molar-refractivity contribution in [3.05, 3.63) is 50.6 Å². The summed E-state index contributed by atoms with van der Waals surface area (Å²) in [5.41, 5.74) is 2.40. The number of aromatic amines is 1. The molecule has 1 aliphatic heterocycles. The Hall–Kier alpha value is -2.13. The molecule has 1 aliphatic carbocycles. The van der Waals surface area contributed by atoms with Gasteiger partial charge in [0.1, 0.15) is 5.69 Å². The molecule has 2 aliphatic rings. The summed E-state index contributed by atoms with van der Waals surface area (Å²) < 4.78 is 0. The van der Waals surface area contributed by atoms with Crippen molar-refractivity contribution < 1.29 is 9.59 Å². The number of hydrogen-bond donors (Lipinski definition) is 3. The minimum Gasteiger partial charge on any atom is -0.351 e. The van der Waals surface area contributed by atoms with Crippen LogP contribution in [0.4, 0.5) is 0 Å². The number of benzene rings is 1. The number of carbonyl (C=O) groups is 2. The monoisotopic (exact) mass is 493 g/mol. The number of hydrogen-bond acceptors (Lipinski definition) is 5. The van der Waals surface area contributed by atoms with E-state index < -0.39 is 0 Å². The van der Waals surface area contributed by atoms with Gasteiger partial charge in [-0.05, 0) is 50.6 Å². The maximum atomic E-state index is 12.8. The Morgan fingerprint density at radius 3 is 2.72 bits per heavy atom. The van der Waals surface area contributed by atoms with Crippen LogP contribution in [0.15, 0.2) is 24.3 Å². The number of aromatic nitrogens is 2. The Labute approximate surface area is 201 Å². The van der Waals surface area contributed by atoms with E-state index in [9.17, 15) is 9.59 Å². The van der Waals surface area contributed by atoms with Crippen LogP contribution in [0, 0.1) is 0 Å². The normalized spacial score (nSPS) is 20.6. The van der Waals surface area contributed by atoms with Crippen molar-refractivity contribution in [1.29, 1.82) is 0 Å². The lowest BCUT2D eigenvalue weighted by molar-refractivity contribution is 0.0889.